The van der Waals surface area contributed by atoms with Crippen molar-refractivity contribution in [1.29, 1.82) is 0 Å². The van der Waals surface area contributed by atoms with Crippen LogP contribution in [0.2, 0.25) is 0 Å². The standard InChI is InChI=1S/C9H20N4.2C2H6/c1-8(10-12(3)4)7-9(2)11-13(5)6;2*1-2/h7H2,1-6H3;2*1-2H3/b10-8-,11-9+;;. The monoisotopic (exact) mass is 244 g/mol. The third-order valence-electron chi connectivity index (χ3n) is 1.25. The van der Waals surface area contributed by atoms with E-state index in [1.807, 2.05) is 69.7 Å². The third-order valence-corrected chi connectivity index (χ3v) is 1.25. The summed E-state index contributed by atoms with van der Waals surface area (Å²) < 4.78 is 0. The van der Waals surface area contributed by atoms with Crippen LogP contribution in [0.15, 0.2) is 10.2 Å². The predicted octanol–water partition coefficient (Wildman–Crippen LogP) is 3.30. The largest absolute Gasteiger partial charge is 0.303 e. The van der Waals surface area contributed by atoms with Gasteiger partial charge in [-0.05, 0) is 13.8 Å². The quantitative estimate of drug-likeness (QED) is 0.561. The molecule has 104 valence electrons. The molecule has 0 aromatic rings. The smallest absolute Gasteiger partial charge is 0.0406 e. The molecule has 0 aliphatic rings. The van der Waals surface area contributed by atoms with Crippen molar-refractivity contribution in [2.24, 2.45) is 10.2 Å². The first-order chi connectivity index (χ1) is 7.91. The van der Waals surface area contributed by atoms with Crippen LogP contribution in [0.4, 0.5) is 0 Å². The molecule has 0 heterocycles. The molecule has 0 saturated carbocycles. The first kappa shape index (κ1) is 21.2. The van der Waals surface area contributed by atoms with Crippen LogP contribution >= 0.6 is 0 Å². The first-order valence-electron chi connectivity index (χ1n) is 6.34. The zero-order valence-electron chi connectivity index (χ0n) is 13.5. The highest BCUT2D eigenvalue weighted by Crippen LogP contribution is 1.93. The van der Waals surface area contributed by atoms with Gasteiger partial charge in [-0.3, -0.25) is 0 Å². The summed E-state index contributed by atoms with van der Waals surface area (Å²) >= 11 is 0. The fourth-order valence-electron chi connectivity index (χ4n) is 1.12. The van der Waals surface area contributed by atoms with Crippen LogP contribution in [0, 0.1) is 0 Å². The predicted molar refractivity (Wildman–Crippen MR) is 80.9 cm³/mol. The van der Waals surface area contributed by atoms with Gasteiger partial charge in [0.25, 0.3) is 0 Å². The van der Waals surface area contributed by atoms with Crippen molar-refractivity contribution < 1.29 is 0 Å². The first-order valence-corrected chi connectivity index (χ1v) is 6.34. The molecule has 0 N–H and O–H groups in total. The minimum absolute atomic E-state index is 0.830. The van der Waals surface area contributed by atoms with Crippen molar-refractivity contribution in [3.05, 3.63) is 0 Å². The van der Waals surface area contributed by atoms with E-state index in [-0.39, 0.29) is 0 Å². The molecule has 4 heteroatoms. The van der Waals surface area contributed by atoms with Gasteiger partial charge < -0.3 is 10.0 Å². The molecule has 0 amide bonds. The molecule has 0 atom stereocenters. The molecular formula is C13H32N4. The van der Waals surface area contributed by atoms with Gasteiger partial charge in [-0.2, -0.15) is 10.2 Å². The van der Waals surface area contributed by atoms with E-state index in [1.54, 1.807) is 10.0 Å². The molecule has 0 aromatic heterocycles. The van der Waals surface area contributed by atoms with Crippen LogP contribution < -0.4 is 0 Å². The Labute approximate surface area is 108 Å². The van der Waals surface area contributed by atoms with E-state index < -0.39 is 0 Å². The molecule has 0 rings (SSSR count). The number of hydrogen-bond acceptors (Lipinski definition) is 4. The summed E-state index contributed by atoms with van der Waals surface area (Å²) in [7, 11) is 7.67. The number of nitrogens with zero attached hydrogens (tertiary/aromatic N) is 4. The molecular weight excluding hydrogens is 212 g/mol. The Morgan fingerprint density at radius 1 is 0.706 bits per heavy atom. The van der Waals surface area contributed by atoms with E-state index in [0.29, 0.717) is 0 Å². The van der Waals surface area contributed by atoms with Crippen molar-refractivity contribution >= 4 is 11.4 Å². The van der Waals surface area contributed by atoms with Gasteiger partial charge in [-0.15, -0.1) is 0 Å². The lowest BCUT2D eigenvalue weighted by Crippen LogP contribution is -2.12. The average molecular weight is 244 g/mol. The van der Waals surface area contributed by atoms with Gasteiger partial charge in [-0.25, -0.2) is 0 Å². The van der Waals surface area contributed by atoms with Crippen LogP contribution in [0.25, 0.3) is 0 Å². The summed E-state index contributed by atoms with van der Waals surface area (Å²) in [5.41, 5.74) is 2.15. The van der Waals surface area contributed by atoms with Crippen LogP contribution in [0.5, 0.6) is 0 Å². The maximum absolute atomic E-state index is 4.28. The molecule has 0 saturated heterocycles. The zero-order valence-corrected chi connectivity index (χ0v) is 13.5. The van der Waals surface area contributed by atoms with Gasteiger partial charge in [0.05, 0.1) is 0 Å². The molecule has 17 heavy (non-hydrogen) atoms. The van der Waals surface area contributed by atoms with Crippen molar-refractivity contribution in [1.82, 2.24) is 10.0 Å². The van der Waals surface area contributed by atoms with E-state index in [0.717, 1.165) is 17.8 Å². The maximum atomic E-state index is 4.28. The third kappa shape index (κ3) is 20.9. The normalized spacial score (nSPS) is 10.7. The minimum Gasteiger partial charge on any atom is -0.303 e. The van der Waals surface area contributed by atoms with E-state index in [2.05, 4.69) is 10.2 Å². The topological polar surface area (TPSA) is 31.2 Å². The van der Waals surface area contributed by atoms with E-state index in [1.165, 1.54) is 0 Å². The van der Waals surface area contributed by atoms with Crippen LogP contribution in [0.3, 0.4) is 0 Å². The van der Waals surface area contributed by atoms with Crippen molar-refractivity contribution in [3.8, 4) is 0 Å². The van der Waals surface area contributed by atoms with E-state index in [4.69, 9.17) is 0 Å². The zero-order chi connectivity index (χ0) is 14.4. The summed E-state index contributed by atoms with van der Waals surface area (Å²) in [6, 6.07) is 0. The summed E-state index contributed by atoms with van der Waals surface area (Å²) in [6.07, 6.45) is 0.830. The molecule has 0 spiro atoms. The number of hydrogen-bond donors (Lipinski definition) is 0. The molecule has 0 fully saturated rings. The Hall–Kier alpha value is -1.06. The Morgan fingerprint density at radius 3 is 1.12 bits per heavy atom. The van der Waals surface area contributed by atoms with Gasteiger partial charge in [0, 0.05) is 46.0 Å². The van der Waals surface area contributed by atoms with Crippen LogP contribution in [-0.4, -0.2) is 49.6 Å². The number of rotatable bonds is 4. The molecule has 0 aromatic carbocycles. The maximum Gasteiger partial charge on any atom is 0.0406 e. The fourth-order valence-corrected chi connectivity index (χ4v) is 1.12. The molecule has 0 unspecified atom stereocenters. The summed E-state index contributed by atoms with van der Waals surface area (Å²) in [5.74, 6) is 0. The summed E-state index contributed by atoms with van der Waals surface area (Å²) in [6.45, 7) is 12.0. The highest BCUT2D eigenvalue weighted by atomic mass is 15.4. The molecule has 0 aliphatic heterocycles. The van der Waals surface area contributed by atoms with E-state index in [9.17, 15) is 0 Å². The van der Waals surface area contributed by atoms with Crippen LogP contribution in [0.1, 0.15) is 48.0 Å². The lowest BCUT2D eigenvalue weighted by molar-refractivity contribution is 0.433. The Kier molecular flexibility index (Phi) is 18.7. The lowest BCUT2D eigenvalue weighted by atomic mass is 10.2. The Morgan fingerprint density at radius 2 is 0.941 bits per heavy atom. The van der Waals surface area contributed by atoms with E-state index >= 15 is 0 Å². The molecule has 0 bridgehead atoms. The number of hydrazone groups is 2. The average Bonchev–Trinajstić information content (AvgIpc) is 2.20. The highest BCUT2D eigenvalue weighted by Gasteiger charge is 1.96. The summed E-state index contributed by atoms with van der Waals surface area (Å²) in [5, 5.41) is 12.2. The lowest BCUT2D eigenvalue weighted by Gasteiger charge is -2.09. The van der Waals surface area contributed by atoms with Gasteiger partial charge in [0.2, 0.25) is 0 Å². The SMILES string of the molecule is C/C(C/C(C)=N/N(C)C)=N/N(C)C.CC.CC. The van der Waals surface area contributed by atoms with Crippen molar-refractivity contribution in [2.75, 3.05) is 28.2 Å². The Bertz CT molecular complexity index is 183. The van der Waals surface area contributed by atoms with Crippen LogP contribution in [-0.2, 0) is 0 Å². The van der Waals surface area contributed by atoms with Gasteiger partial charge in [0.1, 0.15) is 0 Å². The minimum atomic E-state index is 0.830. The molecule has 0 aliphatic carbocycles. The van der Waals surface area contributed by atoms with Crippen molar-refractivity contribution in [3.63, 3.8) is 0 Å². The summed E-state index contributed by atoms with van der Waals surface area (Å²) in [4.78, 5) is 0. The Balaban J connectivity index is -0.000000439. The van der Waals surface area contributed by atoms with Crippen molar-refractivity contribution in [2.45, 2.75) is 48.0 Å². The van der Waals surface area contributed by atoms with Gasteiger partial charge in [-0.1, -0.05) is 27.7 Å². The fraction of sp³-hybridized carbons (Fsp3) is 0.846. The molecule has 4 nitrogen and oxygen atoms in total. The van der Waals surface area contributed by atoms with Gasteiger partial charge >= 0.3 is 0 Å². The second-order valence-corrected chi connectivity index (χ2v) is 3.54. The second-order valence-electron chi connectivity index (χ2n) is 3.54. The highest BCUT2D eigenvalue weighted by molar-refractivity contribution is 6.02. The van der Waals surface area contributed by atoms with Gasteiger partial charge in [0.15, 0.2) is 0 Å². The molecule has 0 radical (unpaired) electrons. The second kappa shape index (κ2) is 14.9.